The van der Waals surface area contributed by atoms with Gasteiger partial charge in [0.15, 0.2) is 5.76 Å². The number of amides is 1. The third-order valence-corrected chi connectivity index (χ3v) is 3.32. The molecule has 0 aliphatic heterocycles. The largest absolute Gasteiger partial charge is 0.497 e. The fourth-order valence-corrected chi connectivity index (χ4v) is 2.10. The second kappa shape index (κ2) is 6.95. The van der Waals surface area contributed by atoms with Crippen LogP contribution in [0.25, 0.3) is 0 Å². The lowest BCUT2D eigenvalue weighted by Gasteiger charge is -2.17. The van der Waals surface area contributed by atoms with E-state index in [0.29, 0.717) is 5.76 Å². The van der Waals surface area contributed by atoms with Gasteiger partial charge < -0.3 is 20.2 Å². The third-order valence-electron chi connectivity index (χ3n) is 3.32. The van der Waals surface area contributed by atoms with Crippen LogP contribution in [-0.4, -0.2) is 13.0 Å². The number of furan rings is 1. The molecule has 0 radical (unpaired) electrons. The van der Waals surface area contributed by atoms with Crippen LogP contribution in [0.2, 0.25) is 0 Å². The summed E-state index contributed by atoms with van der Waals surface area (Å²) in [5, 5.41) is 2.96. The van der Waals surface area contributed by atoms with Crippen molar-refractivity contribution in [2.75, 3.05) is 7.11 Å². The van der Waals surface area contributed by atoms with E-state index in [2.05, 4.69) is 5.32 Å². The second-order valence-corrected chi connectivity index (χ2v) is 4.68. The molecule has 1 heterocycles. The van der Waals surface area contributed by atoms with E-state index in [1.165, 1.54) is 0 Å². The van der Waals surface area contributed by atoms with E-state index in [1.807, 2.05) is 31.2 Å². The summed E-state index contributed by atoms with van der Waals surface area (Å²) >= 11 is 0. The highest BCUT2D eigenvalue weighted by Gasteiger charge is 2.16. The Labute approximate surface area is 124 Å². The minimum Gasteiger partial charge on any atom is -0.497 e. The van der Waals surface area contributed by atoms with Gasteiger partial charge in [-0.25, -0.2) is 0 Å². The van der Waals surface area contributed by atoms with Crippen LogP contribution in [0.4, 0.5) is 0 Å². The number of rotatable bonds is 6. The average molecular weight is 288 g/mol. The summed E-state index contributed by atoms with van der Waals surface area (Å²) < 4.78 is 10.5. The van der Waals surface area contributed by atoms with Gasteiger partial charge in [-0.1, -0.05) is 19.1 Å². The molecular formula is C16H20N2O3. The molecule has 0 saturated carbocycles. The number of ether oxygens (including phenoxy) is 1. The van der Waals surface area contributed by atoms with E-state index in [9.17, 15) is 4.79 Å². The topological polar surface area (TPSA) is 77.5 Å². The molecule has 1 aromatic heterocycles. The molecule has 0 fully saturated rings. The Morgan fingerprint density at radius 2 is 2.00 bits per heavy atom. The molecule has 5 nitrogen and oxygen atoms in total. The lowest BCUT2D eigenvalue weighted by Crippen LogP contribution is -2.27. The minimum atomic E-state index is -0.239. The van der Waals surface area contributed by atoms with Crippen LogP contribution in [0.5, 0.6) is 5.75 Å². The maximum Gasteiger partial charge on any atom is 0.287 e. The lowest BCUT2D eigenvalue weighted by atomic mass is 10.0. The SMILES string of the molecule is CCC(NC(=O)c1ccc(CN)o1)c1ccc(OC)cc1. The molecule has 0 aliphatic carbocycles. The van der Waals surface area contributed by atoms with Gasteiger partial charge in [0.25, 0.3) is 5.91 Å². The Morgan fingerprint density at radius 3 is 2.52 bits per heavy atom. The van der Waals surface area contributed by atoms with Crippen LogP contribution in [-0.2, 0) is 6.54 Å². The molecule has 3 N–H and O–H groups in total. The lowest BCUT2D eigenvalue weighted by molar-refractivity contribution is 0.0905. The quantitative estimate of drug-likeness (QED) is 0.856. The van der Waals surface area contributed by atoms with Crippen molar-refractivity contribution in [3.05, 3.63) is 53.5 Å². The molecule has 2 rings (SSSR count). The van der Waals surface area contributed by atoms with Gasteiger partial charge >= 0.3 is 0 Å². The predicted molar refractivity (Wildman–Crippen MR) is 80.1 cm³/mol. The zero-order chi connectivity index (χ0) is 15.2. The average Bonchev–Trinajstić information content (AvgIpc) is 3.01. The maximum absolute atomic E-state index is 12.2. The van der Waals surface area contributed by atoms with Crippen LogP contribution in [0.1, 0.15) is 41.3 Å². The van der Waals surface area contributed by atoms with Gasteiger partial charge in [-0.15, -0.1) is 0 Å². The van der Waals surface area contributed by atoms with Gasteiger partial charge in [-0.05, 0) is 36.2 Å². The zero-order valence-corrected chi connectivity index (χ0v) is 12.3. The van der Waals surface area contributed by atoms with Crippen molar-refractivity contribution in [2.45, 2.75) is 25.9 Å². The molecule has 1 aromatic carbocycles. The number of hydrogen-bond acceptors (Lipinski definition) is 4. The first-order chi connectivity index (χ1) is 10.2. The number of nitrogens with one attached hydrogen (secondary N) is 1. The van der Waals surface area contributed by atoms with E-state index in [1.54, 1.807) is 19.2 Å². The maximum atomic E-state index is 12.2. The number of nitrogens with two attached hydrogens (primary N) is 1. The van der Waals surface area contributed by atoms with Gasteiger partial charge in [0.05, 0.1) is 19.7 Å². The highest BCUT2D eigenvalue weighted by Crippen LogP contribution is 2.20. The monoisotopic (exact) mass is 288 g/mol. The van der Waals surface area contributed by atoms with Gasteiger partial charge in [0.2, 0.25) is 0 Å². The molecule has 0 bridgehead atoms. The number of methoxy groups -OCH3 is 1. The molecule has 1 amide bonds. The number of benzene rings is 1. The molecule has 2 aromatic rings. The molecule has 0 saturated heterocycles. The summed E-state index contributed by atoms with van der Waals surface area (Å²) in [4.78, 5) is 12.2. The van der Waals surface area contributed by atoms with Crippen molar-refractivity contribution in [3.8, 4) is 5.75 Å². The first-order valence-electron chi connectivity index (χ1n) is 6.91. The van der Waals surface area contributed by atoms with Gasteiger partial charge in [0, 0.05) is 0 Å². The van der Waals surface area contributed by atoms with Crippen LogP contribution < -0.4 is 15.8 Å². The minimum absolute atomic E-state index is 0.0742. The fourth-order valence-electron chi connectivity index (χ4n) is 2.10. The Morgan fingerprint density at radius 1 is 1.29 bits per heavy atom. The summed E-state index contributed by atoms with van der Waals surface area (Å²) in [6, 6.07) is 10.9. The number of hydrogen-bond donors (Lipinski definition) is 2. The van der Waals surface area contributed by atoms with Gasteiger partial charge in [0.1, 0.15) is 11.5 Å². The summed E-state index contributed by atoms with van der Waals surface area (Å²) in [6.07, 6.45) is 0.780. The number of carbonyl (C=O) groups is 1. The molecule has 21 heavy (non-hydrogen) atoms. The summed E-state index contributed by atoms with van der Waals surface area (Å²) in [5.74, 6) is 1.43. The van der Waals surface area contributed by atoms with Crippen LogP contribution >= 0.6 is 0 Å². The summed E-state index contributed by atoms with van der Waals surface area (Å²) in [5.41, 5.74) is 6.50. The highest BCUT2D eigenvalue weighted by molar-refractivity contribution is 5.91. The van der Waals surface area contributed by atoms with E-state index in [0.717, 1.165) is 17.7 Å². The van der Waals surface area contributed by atoms with Crippen LogP contribution in [0.3, 0.4) is 0 Å². The summed E-state index contributed by atoms with van der Waals surface area (Å²) in [6.45, 7) is 2.30. The third kappa shape index (κ3) is 3.64. The van der Waals surface area contributed by atoms with E-state index in [-0.39, 0.29) is 24.3 Å². The van der Waals surface area contributed by atoms with Crippen molar-refractivity contribution in [1.29, 1.82) is 0 Å². The molecule has 1 atom stereocenters. The zero-order valence-electron chi connectivity index (χ0n) is 12.3. The van der Waals surface area contributed by atoms with Crippen LogP contribution in [0.15, 0.2) is 40.8 Å². The van der Waals surface area contributed by atoms with Crippen molar-refractivity contribution in [1.82, 2.24) is 5.32 Å². The van der Waals surface area contributed by atoms with Crippen LogP contribution in [0, 0.1) is 0 Å². The molecule has 5 heteroatoms. The fraction of sp³-hybridized carbons (Fsp3) is 0.312. The molecular weight excluding hydrogens is 268 g/mol. The molecule has 0 spiro atoms. The predicted octanol–water partition coefficient (Wildman–Crippen LogP) is 2.63. The summed E-state index contributed by atoms with van der Waals surface area (Å²) in [7, 11) is 1.63. The van der Waals surface area contributed by atoms with Gasteiger partial charge in [-0.3, -0.25) is 4.79 Å². The Balaban J connectivity index is 2.08. The molecule has 112 valence electrons. The Bertz CT molecular complexity index is 590. The highest BCUT2D eigenvalue weighted by atomic mass is 16.5. The van der Waals surface area contributed by atoms with Gasteiger partial charge in [-0.2, -0.15) is 0 Å². The normalized spacial score (nSPS) is 12.0. The van der Waals surface area contributed by atoms with E-state index >= 15 is 0 Å². The van der Waals surface area contributed by atoms with Crippen molar-refractivity contribution >= 4 is 5.91 Å². The smallest absolute Gasteiger partial charge is 0.287 e. The second-order valence-electron chi connectivity index (χ2n) is 4.68. The first-order valence-corrected chi connectivity index (χ1v) is 6.91. The molecule has 0 aliphatic rings. The molecule has 1 unspecified atom stereocenters. The Hall–Kier alpha value is -2.27. The van der Waals surface area contributed by atoms with E-state index in [4.69, 9.17) is 14.9 Å². The Kier molecular flexibility index (Phi) is 5.00. The van der Waals surface area contributed by atoms with Crippen molar-refractivity contribution in [2.24, 2.45) is 5.73 Å². The number of carbonyl (C=O) groups excluding carboxylic acids is 1. The van der Waals surface area contributed by atoms with Crippen molar-refractivity contribution < 1.29 is 13.9 Å². The van der Waals surface area contributed by atoms with Crippen molar-refractivity contribution in [3.63, 3.8) is 0 Å². The standard InChI is InChI=1S/C16H20N2O3/c1-3-14(11-4-6-12(20-2)7-5-11)18-16(19)15-9-8-13(10-17)21-15/h4-9,14H,3,10,17H2,1-2H3,(H,18,19). The first kappa shape index (κ1) is 15.1. The van der Waals surface area contributed by atoms with E-state index < -0.39 is 0 Å².